The highest BCUT2D eigenvalue weighted by Crippen LogP contribution is 2.14. The zero-order valence-corrected chi connectivity index (χ0v) is 11.5. The van der Waals surface area contributed by atoms with Gasteiger partial charge in [-0.05, 0) is 38.2 Å². The zero-order valence-electron chi connectivity index (χ0n) is 9.87. The van der Waals surface area contributed by atoms with Crippen molar-refractivity contribution >= 4 is 28.7 Å². The zero-order chi connectivity index (χ0) is 12.0. The topological polar surface area (TPSA) is 33.3 Å². The molecule has 0 aliphatic rings. The van der Waals surface area contributed by atoms with Gasteiger partial charge >= 0.3 is 0 Å². The fourth-order valence-corrected chi connectivity index (χ4v) is 2.42. The molecule has 0 fully saturated rings. The molecule has 0 saturated heterocycles. The van der Waals surface area contributed by atoms with Gasteiger partial charge in [-0.2, -0.15) is 0 Å². The minimum absolute atomic E-state index is 0.232. The number of hydrogen-bond acceptors (Lipinski definition) is 3. The Bertz CT molecular complexity index is 338. The van der Waals surface area contributed by atoms with E-state index in [2.05, 4.69) is 29.7 Å². The van der Waals surface area contributed by atoms with Gasteiger partial charge in [-0.25, -0.2) is 0 Å². The van der Waals surface area contributed by atoms with Gasteiger partial charge in [0.2, 0.25) is 0 Å². The summed E-state index contributed by atoms with van der Waals surface area (Å²) in [5.41, 5.74) is 0. The molecule has 0 bridgehead atoms. The van der Waals surface area contributed by atoms with E-state index >= 15 is 0 Å². The van der Waals surface area contributed by atoms with Crippen molar-refractivity contribution in [3.8, 4) is 0 Å². The molecule has 0 saturated carbocycles. The van der Waals surface area contributed by atoms with Crippen molar-refractivity contribution in [2.75, 3.05) is 13.7 Å². The van der Waals surface area contributed by atoms with E-state index in [0.29, 0.717) is 11.7 Å². The summed E-state index contributed by atoms with van der Waals surface area (Å²) in [6.07, 6.45) is 0. The highest BCUT2D eigenvalue weighted by molar-refractivity contribution is 7.80. The van der Waals surface area contributed by atoms with Crippen LogP contribution in [-0.2, 0) is 11.3 Å². The lowest BCUT2D eigenvalue weighted by atomic mass is 10.4. The second-order valence-corrected chi connectivity index (χ2v) is 5.48. The number of rotatable bonds is 5. The third-order valence-electron chi connectivity index (χ3n) is 2.01. The van der Waals surface area contributed by atoms with Crippen LogP contribution in [0.2, 0.25) is 0 Å². The van der Waals surface area contributed by atoms with E-state index in [-0.39, 0.29) is 6.04 Å². The SMILES string of the molecule is COCC(C)NC(=S)NCc1ccc(C)s1. The molecule has 1 heterocycles. The van der Waals surface area contributed by atoms with Crippen molar-refractivity contribution in [2.45, 2.75) is 26.4 Å². The largest absolute Gasteiger partial charge is 0.383 e. The van der Waals surface area contributed by atoms with Gasteiger partial charge in [-0.3, -0.25) is 0 Å². The van der Waals surface area contributed by atoms with Crippen LogP contribution in [-0.4, -0.2) is 24.9 Å². The van der Waals surface area contributed by atoms with Crippen molar-refractivity contribution in [3.05, 3.63) is 21.9 Å². The van der Waals surface area contributed by atoms with Gasteiger partial charge in [0.1, 0.15) is 0 Å². The summed E-state index contributed by atoms with van der Waals surface area (Å²) >= 11 is 6.96. The molecule has 1 rings (SSSR count). The Morgan fingerprint density at radius 3 is 2.88 bits per heavy atom. The average Bonchev–Trinajstić information content (AvgIpc) is 2.61. The number of nitrogens with one attached hydrogen (secondary N) is 2. The monoisotopic (exact) mass is 258 g/mol. The lowest BCUT2D eigenvalue weighted by Gasteiger charge is -2.15. The Kier molecular flexibility index (Phi) is 5.73. The lowest BCUT2D eigenvalue weighted by Crippen LogP contribution is -2.41. The molecule has 5 heteroatoms. The normalized spacial score (nSPS) is 12.2. The van der Waals surface area contributed by atoms with Crippen molar-refractivity contribution in [2.24, 2.45) is 0 Å². The first-order valence-corrected chi connectivity index (χ1v) is 6.43. The van der Waals surface area contributed by atoms with Crippen LogP contribution in [0.1, 0.15) is 16.7 Å². The van der Waals surface area contributed by atoms with Gasteiger partial charge in [0.05, 0.1) is 13.2 Å². The number of thiocarbonyl (C=S) groups is 1. The second kappa shape index (κ2) is 6.83. The third-order valence-corrected chi connectivity index (χ3v) is 3.28. The van der Waals surface area contributed by atoms with Crippen molar-refractivity contribution in [1.29, 1.82) is 0 Å². The van der Waals surface area contributed by atoms with E-state index < -0.39 is 0 Å². The summed E-state index contributed by atoms with van der Waals surface area (Å²) in [6, 6.07) is 4.47. The first kappa shape index (κ1) is 13.4. The molecule has 0 amide bonds. The summed E-state index contributed by atoms with van der Waals surface area (Å²) in [5.74, 6) is 0. The van der Waals surface area contributed by atoms with Crippen molar-refractivity contribution in [1.82, 2.24) is 10.6 Å². The molecule has 1 aromatic rings. The Labute approximate surface area is 106 Å². The molecular formula is C11H18N2OS2. The number of methoxy groups -OCH3 is 1. The van der Waals surface area contributed by atoms with E-state index in [9.17, 15) is 0 Å². The van der Waals surface area contributed by atoms with E-state index in [1.165, 1.54) is 9.75 Å². The van der Waals surface area contributed by atoms with Crippen LogP contribution >= 0.6 is 23.6 Å². The van der Waals surface area contributed by atoms with Crippen molar-refractivity contribution < 1.29 is 4.74 Å². The summed E-state index contributed by atoms with van der Waals surface area (Å²) in [6.45, 7) is 5.57. The highest BCUT2D eigenvalue weighted by Gasteiger charge is 2.03. The first-order chi connectivity index (χ1) is 7.61. The van der Waals surface area contributed by atoms with Crippen LogP contribution in [0.25, 0.3) is 0 Å². The maximum atomic E-state index is 5.18. The van der Waals surface area contributed by atoms with E-state index in [1.807, 2.05) is 6.92 Å². The van der Waals surface area contributed by atoms with Gasteiger partial charge in [0.15, 0.2) is 5.11 Å². The smallest absolute Gasteiger partial charge is 0.166 e. The standard InChI is InChI=1S/C11H18N2OS2/c1-8(7-14-3)13-11(15)12-6-10-5-4-9(2)16-10/h4-5,8H,6-7H2,1-3H3,(H2,12,13,15). The molecule has 16 heavy (non-hydrogen) atoms. The van der Waals surface area contributed by atoms with E-state index in [0.717, 1.165) is 6.54 Å². The third kappa shape index (κ3) is 4.92. The molecule has 1 unspecified atom stereocenters. The molecule has 0 aliphatic carbocycles. The van der Waals surface area contributed by atoms with Crippen LogP contribution in [0.3, 0.4) is 0 Å². The minimum atomic E-state index is 0.232. The minimum Gasteiger partial charge on any atom is -0.383 e. The first-order valence-electron chi connectivity index (χ1n) is 5.20. The van der Waals surface area contributed by atoms with Gasteiger partial charge in [-0.15, -0.1) is 11.3 Å². The fraction of sp³-hybridized carbons (Fsp3) is 0.545. The van der Waals surface area contributed by atoms with Crippen molar-refractivity contribution in [3.63, 3.8) is 0 Å². The van der Waals surface area contributed by atoms with Gasteiger partial charge in [0.25, 0.3) is 0 Å². The van der Waals surface area contributed by atoms with E-state index in [4.69, 9.17) is 17.0 Å². The average molecular weight is 258 g/mol. The molecule has 90 valence electrons. The van der Waals surface area contributed by atoms with Gasteiger partial charge in [-0.1, -0.05) is 0 Å². The lowest BCUT2D eigenvalue weighted by molar-refractivity contribution is 0.179. The summed E-state index contributed by atoms with van der Waals surface area (Å²) < 4.78 is 5.02. The molecule has 3 nitrogen and oxygen atoms in total. The van der Waals surface area contributed by atoms with Crippen LogP contribution < -0.4 is 10.6 Å². The van der Waals surface area contributed by atoms with Gasteiger partial charge in [0, 0.05) is 22.9 Å². The molecule has 2 N–H and O–H groups in total. The van der Waals surface area contributed by atoms with E-state index in [1.54, 1.807) is 18.4 Å². The summed E-state index contributed by atoms with van der Waals surface area (Å²) in [7, 11) is 1.68. The fourth-order valence-electron chi connectivity index (χ4n) is 1.31. The Morgan fingerprint density at radius 2 is 2.31 bits per heavy atom. The predicted octanol–water partition coefficient (Wildman–Crippen LogP) is 2.06. The van der Waals surface area contributed by atoms with Gasteiger partial charge < -0.3 is 15.4 Å². The predicted molar refractivity (Wildman–Crippen MR) is 73.0 cm³/mol. The Morgan fingerprint density at radius 1 is 1.56 bits per heavy atom. The van der Waals surface area contributed by atoms with Crippen LogP contribution in [0.15, 0.2) is 12.1 Å². The number of hydrogen-bond donors (Lipinski definition) is 2. The molecule has 1 aromatic heterocycles. The number of aryl methyl sites for hydroxylation is 1. The molecule has 0 radical (unpaired) electrons. The number of ether oxygens (including phenoxy) is 1. The molecule has 0 aliphatic heterocycles. The maximum absolute atomic E-state index is 5.18. The molecule has 0 spiro atoms. The second-order valence-electron chi connectivity index (χ2n) is 3.70. The Balaban J connectivity index is 2.25. The number of thiophene rings is 1. The maximum Gasteiger partial charge on any atom is 0.166 e. The summed E-state index contributed by atoms with van der Waals surface area (Å²) in [4.78, 5) is 2.62. The van der Waals surface area contributed by atoms with Crippen LogP contribution in [0.4, 0.5) is 0 Å². The quantitative estimate of drug-likeness (QED) is 0.792. The molecular weight excluding hydrogens is 240 g/mol. The Hall–Kier alpha value is -0.650. The summed E-state index contributed by atoms with van der Waals surface area (Å²) in [5, 5.41) is 7.01. The van der Waals surface area contributed by atoms with Crippen LogP contribution in [0.5, 0.6) is 0 Å². The molecule has 0 aromatic carbocycles. The highest BCUT2D eigenvalue weighted by atomic mass is 32.1. The van der Waals surface area contributed by atoms with Crippen LogP contribution in [0, 0.1) is 6.92 Å². The molecule has 1 atom stereocenters.